The molecular weight excluding hydrogens is 388 g/mol. The number of methoxy groups -OCH3 is 1. The zero-order chi connectivity index (χ0) is 21.3. The van der Waals surface area contributed by atoms with Crippen LogP contribution in [-0.4, -0.2) is 60.2 Å². The minimum Gasteiger partial charge on any atom is -0.486 e. The highest BCUT2D eigenvalue weighted by Crippen LogP contribution is 2.35. The number of aliphatic hydroxyl groups is 3. The summed E-state index contributed by atoms with van der Waals surface area (Å²) in [7, 11) is 1.39. The van der Waals surface area contributed by atoms with Crippen molar-refractivity contribution >= 4 is 0 Å². The first-order chi connectivity index (χ1) is 14.5. The molecule has 2 aliphatic heterocycles. The lowest BCUT2D eigenvalue weighted by molar-refractivity contribution is -0.292. The Morgan fingerprint density at radius 3 is 2.40 bits per heavy atom. The van der Waals surface area contributed by atoms with Crippen LogP contribution in [0, 0.1) is 0 Å². The number of rotatable bonds is 5. The SMILES string of the molecule is CCc1ccc([C@@H]2O[C@H](OC)[C@@H](O)[C@H](O)[C@H]2O)cc1Cc1ccc2c(c1)OCCO2. The van der Waals surface area contributed by atoms with Crippen LogP contribution in [-0.2, 0) is 22.3 Å². The van der Waals surface area contributed by atoms with Gasteiger partial charge in [-0.05, 0) is 47.2 Å². The summed E-state index contributed by atoms with van der Waals surface area (Å²) >= 11 is 0. The molecule has 1 saturated heterocycles. The van der Waals surface area contributed by atoms with E-state index < -0.39 is 30.7 Å². The Morgan fingerprint density at radius 1 is 0.900 bits per heavy atom. The number of aryl methyl sites for hydroxylation is 1. The minimum absolute atomic E-state index is 0.540. The average molecular weight is 416 g/mol. The largest absolute Gasteiger partial charge is 0.486 e. The smallest absolute Gasteiger partial charge is 0.186 e. The van der Waals surface area contributed by atoms with Gasteiger partial charge in [0.15, 0.2) is 17.8 Å². The zero-order valence-electron chi connectivity index (χ0n) is 17.2. The fraction of sp³-hybridized carbons (Fsp3) is 0.478. The highest BCUT2D eigenvalue weighted by molar-refractivity contribution is 5.46. The summed E-state index contributed by atoms with van der Waals surface area (Å²) in [6, 6.07) is 11.8. The zero-order valence-corrected chi connectivity index (χ0v) is 17.2. The molecule has 2 heterocycles. The molecule has 0 amide bonds. The average Bonchev–Trinajstić information content (AvgIpc) is 2.77. The van der Waals surface area contributed by atoms with Crippen LogP contribution in [0.4, 0.5) is 0 Å². The van der Waals surface area contributed by atoms with E-state index in [0.717, 1.165) is 34.6 Å². The van der Waals surface area contributed by atoms with Crippen LogP contribution in [0.1, 0.15) is 35.3 Å². The van der Waals surface area contributed by atoms with E-state index in [-0.39, 0.29) is 0 Å². The summed E-state index contributed by atoms with van der Waals surface area (Å²) in [6.45, 7) is 3.19. The molecule has 0 unspecified atom stereocenters. The Labute approximate surface area is 175 Å². The number of hydrogen-bond acceptors (Lipinski definition) is 7. The van der Waals surface area contributed by atoms with Crippen LogP contribution in [0.5, 0.6) is 11.5 Å². The van der Waals surface area contributed by atoms with Crippen LogP contribution >= 0.6 is 0 Å². The first-order valence-electron chi connectivity index (χ1n) is 10.2. The molecule has 5 atom stereocenters. The lowest BCUT2D eigenvalue weighted by Gasteiger charge is -2.40. The molecule has 0 aliphatic carbocycles. The molecule has 0 spiro atoms. The molecule has 7 heteroatoms. The maximum absolute atomic E-state index is 10.5. The topological polar surface area (TPSA) is 97.6 Å². The van der Waals surface area contributed by atoms with Crippen LogP contribution in [0.2, 0.25) is 0 Å². The van der Waals surface area contributed by atoms with Crippen molar-refractivity contribution < 1.29 is 34.3 Å². The van der Waals surface area contributed by atoms with Gasteiger partial charge in [0, 0.05) is 7.11 Å². The van der Waals surface area contributed by atoms with Gasteiger partial charge in [-0.1, -0.05) is 31.2 Å². The highest BCUT2D eigenvalue weighted by Gasteiger charge is 2.44. The lowest BCUT2D eigenvalue weighted by atomic mass is 9.90. The summed E-state index contributed by atoms with van der Waals surface area (Å²) in [4.78, 5) is 0. The predicted molar refractivity (Wildman–Crippen MR) is 109 cm³/mol. The van der Waals surface area contributed by atoms with E-state index >= 15 is 0 Å². The van der Waals surface area contributed by atoms with Crippen molar-refractivity contribution in [2.45, 2.75) is 50.5 Å². The number of aliphatic hydroxyl groups excluding tert-OH is 3. The Balaban J connectivity index is 1.62. The normalized spacial score (nSPS) is 28.4. The van der Waals surface area contributed by atoms with E-state index in [9.17, 15) is 15.3 Å². The molecule has 0 saturated carbocycles. The summed E-state index contributed by atoms with van der Waals surface area (Å²) in [5, 5.41) is 30.7. The molecule has 0 bridgehead atoms. The van der Waals surface area contributed by atoms with Crippen LogP contribution in [0.3, 0.4) is 0 Å². The van der Waals surface area contributed by atoms with Crippen molar-refractivity contribution in [1.82, 2.24) is 0 Å². The number of benzene rings is 2. The third kappa shape index (κ3) is 4.04. The van der Waals surface area contributed by atoms with Crippen molar-refractivity contribution in [2.75, 3.05) is 20.3 Å². The number of hydrogen-bond donors (Lipinski definition) is 3. The van der Waals surface area contributed by atoms with Gasteiger partial charge in [-0.2, -0.15) is 0 Å². The van der Waals surface area contributed by atoms with Gasteiger partial charge in [0.25, 0.3) is 0 Å². The molecular formula is C23H28O7. The Morgan fingerprint density at radius 2 is 1.67 bits per heavy atom. The molecule has 3 N–H and O–H groups in total. The lowest BCUT2D eigenvalue weighted by Crippen LogP contribution is -2.54. The van der Waals surface area contributed by atoms with Crippen LogP contribution in [0.15, 0.2) is 36.4 Å². The Bertz CT molecular complexity index is 882. The van der Waals surface area contributed by atoms with Gasteiger partial charge >= 0.3 is 0 Å². The maximum Gasteiger partial charge on any atom is 0.186 e. The standard InChI is InChI=1S/C23H28O7/c1-3-14-5-6-15(22-20(25)19(24)21(26)23(27-2)30-22)12-16(14)10-13-4-7-17-18(11-13)29-9-8-28-17/h4-7,11-12,19-26H,3,8-10H2,1-2H3/t19-,20-,21+,22+,23+/m1/s1. The second-order valence-corrected chi connectivity index (χ2v) is 7.67. The van der Waals surface area contributed by atoms with E-state index in [2.05, 4.69) is 6.92 Å². The van der Waals surface area contributed by atoms with Gasteiger partial charge in [-0.25, -0.2) is 0 Å². The number of ether oxygens (including phenoxy) is 4. The van der Waals surface area contributed by atoms with E-state index in [1.54, 1.807) is 0 Å². The maximum atomic E-state index is 10.5. The van der Waals surface area contributed by atoms with Crippen molar-refractivity contribution in [3.05, 3.63) is 58.7 Å². The first kappa shape index (κ1) is 21.1. The fourth-order valence-corrected chi connectivity index (χ4v) is 4.07. The summed E-state index contributed by atoms with van der Waals surface area (Å²) in [5.41, 5.74) is 4.08. The molecule has 0 radical (unpaired) electrons. The van der Waals surface area contributed by atoms with Crippen molar-refractivity contribution in [3.63, 3.8) is 0 Å². The Kier molecular flexibility index (Phi) is 6.26. The van der Waals surface area contributed by atoms with Crippen molar-refractivity contribution in [2.24, 2.45) is 0 Å². The van der Waals surface area contributed by atoms with E-state index in [4.69, 9.17) is 18.9 Å². The molecule has 0 aromatic heterocycles. The number of fused-ring (bicyclic) bond motifs is 1. The summed E-state index contributed by atoms with van der Waals surface area (Å²) in [5.74, 6) is 1.50. The quantitative estimate of drug-likeness (QED) is 0.683. The third-order valence-electron chi connectivity index (χ3n) is 5.74. The Hall–Kier alpha value is -2.16. The van der Waals surface area contributed by atoms with Gasteiger partial charge in [0.1, 0.15) is 37.6 Å². The van der Waals surface area contributed by atoms with Crippen LogP contribution < -0.4 is 9.47 Å². The van der Waals surface area contributed by atoms with Gasteiger partial charge < -0.3 is 34.3 Å². The van der Waals surface area contributed by atoms with Crippen molar-refractivity contribution in [1.29, 1.82) is 0 Å². The van der Waals surface area contributed by atoms with E-state index in [1.165, 1.54) is 12.7 Å². The molecule has 30 heavy (non-hydrogen) atoms. The molecule has 7 nitrogen and oxygen atoms in total. The van der Waals surface area contributed by atoms with Gasteiger partial charge in [0.2, 0.25) is 0 Å². The second kappa shape index (κ2) is 8.91. The predicted octanol–water partition coefficient (Wildman–Crippen LogP) is 1.74. The van der Waals surface area contributed by atoms with Crippen LogP contribution in [0.25, 0.3) is 0 Å². The molecule has 4 rings (SSSR count). The van der Waals surface area contributed by atoms with Gasteiger partial charge in [-0.15, -0.1) is 0 Å². The molecule has 2 aromatic rings. The minimum atomic E-state index is -1.36. The van der Waals surface area contributed by atoms with Gasteiger partial charge in [0.05, 0.1) is 0 Å². The highest BCUT2D eigenvalue weighted by atomic mass is 16.7. The van der Waals surface area contributed by atoms with E-state index in [0.29, 0.717) is 19.6 Å². The third-order valence-corrected chi connectivity index (χ3v) is 5.74. The summed E-state index contributed by atoms with van der Waals surface area (Å²) < 4.78 is 22.2. The molecule has 162 valence electrons. The fourth-order valence-electron chi connectivity index (χ4n) is 4.07. The molecule has 2 aliphatic rings. The van der Waals surface area contributed by atoms with Gasteiger partial charge in [-0.3, -0.25) is 0 Å². The molecule has 2 aromatic carbocycles. The monoisotopic (exact) mass is 416 g/mol. The first-order valence-corrected chi connectivity index (χ1v) is 10.2. The second-order valence-electron chi connectivity index (χ2n) is 7.67. The van der Waals surface area contributed by atoms with E-state index in [1.807, 2.05) is 36.4 Å². The summed E-state index contributed by atoms with van der Waals surface area (Å²) in [6.07, 6.45) is -4.22. The molecule has 1 fully saturated rings. The van der Waals surface area contributed by atoms with Crippen molar-refractivity contribution in [3.8, 4) is 11.5 Å².